The minimum atomic E-state index is 0.0427. The number of hydrogen-bond donors (Lipinski definition) is 1. The maximum absolute atomic E-state index is 12.5. The van der Waals surface area contributed by atoms with E-state index in [-0.39, 0.29) is 11.3 Å². The minimum absolute atomic E-state index is 0.0427. The molecule has 1 aromatic rings. The molecule has 1 amide bonds. The van der Waals surface area contributed by atoms with Gasteiger partial charge in [0.1, 0.15) is 5.82 Å². The summed E-state index contributed by atoms with van der Waals surface area (Å²) in [6, 6.07) is 5.57. The Morgan fingerprint density at radius 2 is 1.96 bits per heavy atom. The number of anilines is 1. The zero-order valence-corrected chi connectivity index (χ0v) is 15.7. The Hall–Kier alpha value is -1.62. The molecule has 0 spiro atoms. The Morgan fingerprint density at radius 1 is 1.24 bits per heavy atom. The second-order valence-electron chi connectivity index (χ2n) is 9.03. The first-order valence-corrected chi connectivity index (χ1v) is 9.66. The van der Waals surface area contributed by atoms with Crippen molar-refractivity contribution in [2.45, 2.75) is 65.1 Å². The highest BCUT2D eigenvalue weighted by molar-refractivity contribution is 5.77. The van der Waals surface area contributed by atoms with Crippen molar-refractivity contribution in [2.75, 3.05) is 24.5 Å². The van der Waals surface area contributed by atoms with E-state index in [1.54, 1.807) is 0 Å². The van der Waals surface area contributed by atoms with E-state index in [1.165, 1.54) is 24.1 Å². The van der Waals surface area contributed by atoms with Crippen LogP contribution in [0.4, 0.5) is 5.82 Å². The largest absolute Gasteiger partial charge is 0.348 e. The zero-order chi connectivity index (χ0) is 17.6. The standard InChI is InChI=1S/C20H30N4O/c1-20(2,3)10-19(25)23-9-8-17-14(13-23)4-7-18(22-17)24-15-5-6-16(24)12-21-11-15/h4,7,15-16,21H,5-6,8-13H2,1-3H3. The van der Waals surface area contributed by atoms with Gasteiger partial charge < -0.3 is 15.1 Å². The number of rotatable bonds is 2. The van der Waals surface area contributed by atoms with Crippen LogP contribution in [0.1, 0.15) is 51.3 Å². The summed E-state index contributed by atoms with van der Waals surface area (Å²) in [6.07, 6.45) is 4.02. The Bertz CT molecular complexity index is 650. The van der Waals surface area contributed by atoms with Crippen LogP contribution in [-0.2, 0) is 17.8 Å². The third-order valence-electron chi connectivity index (χ3n) is 5.71. The molecular formula is C20H30N4O. The molecule has 5 heteroatoms. The van der Waals surface area contributed by atoms with Crippen LogP contribution in [0.15, 0.2) is 12.1 Å². The molecule has 4 rings (SSSR count). The smallest absolute Gasteiger partial charge is 0.223 e. The van der Waals surface area contributed by atoms with Gasteiger partial charge in [-0.1, -0.05) is 26.8 Å². The number of carbonyl (C=O) groups excluding carboxylic acids is 1. The van der Waals surface area contributed by atoms with Crippen molar-refractivity contribution < 1.29 is 4.79 Å². The van der Waals surface area contributed by atoms with Gasteiger partial charge in [0, 0.05) is 56.8 Å². The average Bonchev–Trinajstić information content (AvgIpc) is 2.81. The predicted molar refractivity (Wildman–Crippen MR) is 99.6 cm³/mol. The highest BCUT2D eigenvalue weighted by Crippen LogP contribution is 2.32. The summed E-state index contributed by atoms with van der Waals surface area (Å²) in [6.45, 7) is 10.0. The van der Waals surface area contributed by atoms with E-state index in [0.717, 1.165) is 31.9 Å². The maximum atomic E-state index is 12.5. The summed E-state index contributed by atoms with van der Waals surface area (Å²) in [5.74, 6) is 1.41. The van der Waals surface area contributed by atoms with E-state index in [9.17, 15) is 4.79 Å². The van der Waals surface area contributed by atoms with Gasteiger partial charge in [-0.25, -0.2) is 4.98 Å². The van der Waals surface area contributed by atoms with E-state index in [4.69, 9.17) is 4.98 Å². The van der Waals surface area contributed by atoms with Crippen molar-refractivity contribution in [3.8, 4) is 0 Å². The van der Waals surface area contributed by atoms with E-state index >= 15 is 0 Å². The van der Waals surface area contributed by atoms with Crippen LogP contribution in [0.3, 0.4) is 0 Å². The van der Waals surface area contributed by atoms with Gasteiger partial charge in [-0.3, -0.25) is 4.79 Å². The molecule has 4 heterocycles. The molecule has 2 atom stereocenters. The molecule has 1 aromatic heterocycles. The zero-order valence-electron chi connectivity index (χ0n) is 15.7. The highest BCUT2D eigenvalue weighted by Gasteiger charge is 2.37. The van der Waals surface area contributed by atoms with E-state index in [2.05, 4.69) is 43.1 Å². The topological polar surface area (TPSA) is 48.5 Å². The van der Waals surface area contributed by atoms with E-state index in [0.29, 0.717) is 25.0 Å². The Balaban J connectivity index is 1.49. The van der Waals surface area contributed by atoms with E-state index in [1.807, 2.05) is 4.90 Å². The van der Waals surface area contributed by atoms with Crippen LogP contribution >= 0.6 is 0 Å². The predicted octanol–water partition coefficient (Wildman–Crippen LogP) is 2.34. The van der Waals surface area contributed by atoms with Crippen molar-refractivity contribution >= 4 is 11.7 Å². The fraction of sp³-hybridized carbons (Fsp3) is 0.700. The lowest BCUT2D eigenvalue weighted by Gasteiger charge is -2.37. The van der Waals surface area contributed by atoms with Crippen LogP contribution < -0.4 is 10.2 Å². The number of amides is 1. The summed E-state index contributed by atoms with van der Waals surface area (Å²) < 4.78 is 0. The number of nitrogens with zero attached hydrogens (tertiary/aromatic N) is 3. The summed E-state index contributed by atoms with van der Waals surface area (Å²) in [5, 5.41) is 3.53. The second-order valence-corrected chi connectivity index (χ2v) is 9.03. The first-order chi connectivity index (χ1) is 11.9. The van der Waals surface area contributed by atoms with Gasteiger partial charge in [0.25, 0.3) is 0 Å². The van der Waals surface area contributed by atoms with Crippen LogP contribution in [-0.4, -0.2) is 47.5 Å². The normalized spacial score (nSPS) is 25.9. The molecule has 2 bridgehead atoms. The third kappa shape index (κ3) is 3.39. The lowest BCUT2D eigenvalue weighted by atomic mass is 9.91. The minimum Gasteiger partial charge on any atom is -0.348 e. The first kappa shape index (κ1) is 16.8. The summed E-state index contributed by atoms with van der Waals surface area (Å²) >= 11 is 0. The highest BCUT2D eigenvalue weighted by atomic mass is 16.2. The molecule has 0 aliphatic carbocycles. The van der Waals surface area contributed by atoms with Crippen molar-refractivity contribution in [1.29, 1.82) is 0 Å². The van der Waals surface area contributed by atoms with Crippen LogP contribution in [0, 0.1) is 5.41 Å². The maximum Gasteiger partial charge on any atom is 0.223 e. The molecule has 3 aliphatic rings. The number of piperazine rings is 1. The monoisotopic (exact) mass is 342 g/mol. The number of carbonyl (C=O) groups is 1. The fourth-order valence-corrected chi connectivity index (χ4v) is 4.48. The van der Waals surface area contributed by atoms with Crippen LogP contribution in [0.2, 0.25) is 0 Å². The quantitative estimate of drug-likeness (QED) is 0.896. The van der Waals surface area contributed by atoms with Crippen molar-refractivity contribution in [2.24, 2.45) is 5.41 Å². The van der Waals surface area contributed by atoms with Crippen molar-refractivity contribution in [3.63, 3.8) is 0 Å². The number of hydrogen-bond acceptors (Lipinski definition) is 4. The number of nitrogens with one attached hydrogen (secondary N) is 1. The molecule has 3 aliphatic heterocycles. The molecule has 0 radical (unpaired) electrons. The molecule has 0 saturated carbocycles. The fourth-order valence-electron chi connectivity index (χ4n) is 4.48. The molecule has 2 saturated heterocycles. The van der Waals surface area contributed by atoms with Gasteiger partial charge in [0.15, 0.2) is 0 Å². The number of aromatic nitrogens is 1. The summed E-state index contributed by atoms with van der Waals surface area (Å²) in [4.78, 5) is 22.1. The van der Waals surface area contributed by atoms with Gasteiger partial charge in [0.2, 0.25) is 5.91 Å². The summed E-state index contributed by atoms with van der Waals surface area (Å²) in [5.41, 5.74) is 2.45. The van der Waals surface area contributed by atoms with Gasteiger partial charge in [-0.15, -0.1) is 0 Å². The molecule has 5 nitrogen and oxygen atoms in total. The van der Waals surface area contributed by atoms with Crippen molar-refractivity contribution in [3.05, 3.63) is 23.4 Å². The van der Waals surface area contributed by atoms with Gasteiger partial charge in [-0.05, 0) is 29.9 Å². The van der Waals surface area contributed by atoms with Crippen LogP contribution in [0.25, 0.3) is 0 Å². The van der Waals surface area contributed by atoms with Gasteiger partial charge in [-0.2, -0.15) is 0 Å². The third-order valence-corrected chi connectivity index (χ3v) is 5.71. The van der Waals surface area contributed by atoms with Crippen LogP contribution in [0.5, 0.6) is 0 Å². The average molecular weight is 342 g/mol. The SMILES string of the molecule is CC(C)(C)CC(=O)N1CCc2nc(N3C4CCC3CNC4)ccc2C1. The van der Waals surface area contributed by atoms with E-state index < -0.39 is 0 Å². The molecule has 136 valence electrons. The number of pyridine rings is 1. The van der Waals surface area contributed by atoms with Crippen molar-refractivity contribution in [1.82, 2.24) is 15.2 Å². The van der Waals surface area contributed by atoms with Gasteiger partial charge in [0.05, 0.1) is 0 Å². The molecule has 2 unspecified atom stereocenters. The molecule has 25 heavy (non-hydrogen) atoms. The lowest BCUT2D eigenvalue weighted by molar-refractivity contribution is -0.134. The first-order valence-electron chi connectivity index (χ1n) is 9.66. The van der Waals surface area contributed by atoms with Gasteiger partial charge >= 0.3 is 0 Å². The molecule has 2 fully saturated rings. The Morgan fingerprint density at radius 3 is 2.64 bits per heavy atom. The number of fused-ring (bicyclic) bond motifs is 3. The Kier molecular flexibility index (Phi) is 4.22. The molecular weight excluding hydrogens is 312 g/mol. The Labute approximate surface area is 150 Å². The second kappa shape index (κ2) is 6.27. The summed E-state index contributed by atoms with van der Waals surface area (Å²) in [7, 11) is 0. The molecule has 1 N–H and O–H groups in total. The molecule has 0 aromatic carbocycles. The lowest BCUT2D eigenvalue weighted by Crippen LogP contribution is -2.52.